The van der Waals surface area contributed by atoms with E-state index >= 15 is 0 Å². The summed E-state index contributed by atoms with van der Waals surface area (Å²) < 4.78 is 0. The number of nitrogens with one attached hydrogen (secondary N) is 2. The normalized spacial score (nSPS) is 20.8. The molecule has 2 fully saturated rings. The number of anilines is 2. The molecule has 0 bridgehead atoms. The number of rotatable bonds is 9. The van der Waals surface area contributed by atoms with Gasteiger partial charge in [-0.3, -0.25) is 4.79 Å². The van der Waals surface area contributed by atoms with Crippen LogP contribution in [0.5, 0.6) is 0 Å². The molecule has 2 aromatic carbocycles. The number of hydrogen-bond acceptors (Lipinski definition) is 5. The Morgan fingerprint density at radius 3 is 2.56 bits per heavy atom. The van der Waals surface area contributed by atoms with Crippen LogP contribution < -0.4 is 15.5 Å². The van der Waals surface area contributed by atoms with Gasteiger partial charge in [-0.05, 0) is 81.5 Å². The highest BCUT2D eigenvalue weighted by molar-refractivity contribution is 6.35. The van der Waals surface area contributed by atoms with Crippen LogP contribution in [0.3, 0.4) is 0 Å². The molecule has 1 unspecified atom stereocenters. The van der Waals surface area contributed by atoms with Crippen molar-refractivity contribution in [3.63, 3.8) is 0 Å². The van der Waals surface area contributed by atoms with Gasteiger partial charge in [0.25, 0.3) is 0 Å². The summed E-state index contributed by atoms with van der Waals surface area (Å²) >= 11 is 12.3. The van der Waals surface area contributed by atoms with Crippen molar-refractivity contribution in [1.29, 1.82) is 0 Å². The number of amides is 1. The average molecular weight is 531 g/mol. The predicted molar refractivity (Wildman–Crippen MR) is 151 cm³/mol. The molecule has 2 heterocycles. The van der Waals surface area contributed by atoms with Crippen molar-refractivity contribution < 1.29 is 4.79 Å². The van der Waals surface area contributed by atoms with Crippen LogP contribution in [0.1, 0.15) is 38.7 Å². The zero-order valence-electron chi connectivity index (χ0n) is 21.2. The Labute approximate surface area is 225 Å². The van der Waals surface area contributed by atoms with E-state index in [1.54, 1.807) is 11.0 Å². The Morgan fingerprint density at radius 2 is 1.86 bits per heavy atom. The predicted octanol–water partition coefficient (Wildman–Crippen LogP) is 5.58. The molecule has 2 saturated heterocycles. The Bertz CT molecular complexity index is 1040. The smallest absolute Gasteiger partial charge is 0.214 e. The Morgan fingerprint density at radius 1 is 1.11 bits per heavy atom. The first-order valence-corrected chi connectivity index (χ1v) is 13.7. The number of carbonyl (C=O) groups is 1. The Hall–Kier alpha value is -2.41. The molecule has 36 heavy (non-hydrogen) atoms. The summed E-state index contributed by atoms with van der Waals surface area (Å²) in [5.41, 5.74) is 2.83. The first kappa shape index (κ1) is 26.6. The van der Waals surface area contributed by atoms with Gasteiger partial charge in [-0.15, -0.1) is 0 Å². The van der Waals surface area contributed by atoms with Crippen molar-refractivity contribution >= 4 is 41.0 Å². The summed E-state index contributed by atoms with van der Waals surface area (Å²) in [6, 6.07) is 14.4. The molecule has 1 amide bonds. The molecule has 2 aromatic rings. The standard InChI is InChI=1S/C28H37Cl2N5O/c1-21-18-35(22(2)17-31-21)28(19-33-13-4-3-5-14-33)32-25-8-10-26(11-9-25)34(20-36)15-12-23-6-7-24(29)16-27(23)30/h6-11,16,19-22,31-32H,3-5,12-15,17-18H2,1-2H3/b28-19-/t21-,22?/m0/s1. The van der Waals surface area contributed by atoms with Gasteiger partial charge < -0.3 is 25.3 Å². The molecule has 2 aliphatic rings. The number of carbonyl (C=O) groups excluding carboxylic acids is 1. The van der Waals surface area contributed by atoms with E-state index < -0.39 is 0 Å². The topological polar surface area (TPSA) is 50.9 Å². The van der Waals surface area contributed by atoms with Crippen LogP contribution in [0.4, 0.5) is 11.4 Å². The van der Waals surface area contributed by atoms with Gasteiger partial charge in [0.1, 0.15) is 5.82 Å². The van der Waals surface area contributed by atoms with E-state index in [4.69, 9.17) is 23.2 Å². The fraction of sp³-hybridized carbons (Fsp3) is 0.464. The lowest BCUT2D eigenvalue weighted by molar-refractivity contribution is -0.107. The summed E-state index contributed by atoms with van der Waals surface area (Å²) in [7, 11) is 0. The van der Waals surface area contributed by atoms with Crippen LogP contribution in [0.25, 0.3) is 0 Å². The number of benzene rings is 2. The summed E-state index contributed by atoms with van der Waals surface area (Å²) in [4.78, 5) is 18.5. The van der Waals surface area contributed by atoms with E-state index in [9.17, 15) is 4.79 Å². The molecule has 2 N–H and O–H groups in total. The van der Waals surface area contributed by atoms with Crippen LogP contribution in [0.15, 0.2) is 54.5 Å². The summed E-state index contributed by atoms with van der Waals surface area (Å²) in [6.07, 6.45) is 7.63. The second kappa shape index (κ2) is 12.7. The maximum Gasteiger partial charge on any atom is 0.214 e. The SMILES string of the molecule is CC1CN[C@@H](C)CN1/C(=C\N1CCCCC1)Nc1ccc(N(C=O)CCc2ccc(Cl)cc2Cl)cc1. The van der Waals surface area contributed by atoms with Gasteiger partial charge in [0.2, 0.25) is 6.41 Å². The summed E-state index contributed by atoms with van der Waals surface area (Å²) in [5.74, 6) is 1.13. The Balaban J connectivity index is 1.46. The van der Waals surface area contributed by atoms with Gasteiger partial charge in [-0.1, -0.05) is 29.3 Å². The van der Waals surface area contributed by atoms with Gasteiger partial charge in [0, 0.05) is 72.4 Å². The molecular weight excluding hydrogens is 493 g/mol. The van der Waals surface area contributed by atoms with Crippen molar-refractivity contribution in [2.75, 3.05) is 42.9 Å². The lowest BCUT2D eigenvalue weighted by atomic mass is 10.1. The minimum Gasteiger partial charge on any atom is -0.374 e. The molecule has 6 nitrogen and oxygen atoms in total. The van der Waals surface area contributed by atoms with Crippen molar-refractivity contribution in [1.82, 2.24) is 15.1 Å². The number of nitrogens with zero attached hydrogens (tertiary/aromatic N) is 3. The molecule has 0 spiro atoms. The maximum absolute atomic E-state index is 11.9. The molecule has 8 heteroatoms. The molecule has 0 aromatic heterocycles. The lowest BCUT2D eigenvalue weighted by Gasteiger charge is -2.41. The molecule has 2 aliphatic heterocycles. The van der Waals surface area contributed by atoms with Crippen LogP contribution in [-0.4, -0.2) is 61.0 Å². The third-order valence-corrected chi connectivity index (χ3v) is 7.59. The fourth-order valence-corrected chi connectivity index (χ4v) is 5.35. The summed E-state index contributed by atoms with van der Waals surface area (Å²) in [5, 5.41) is 8.49. The van der Waals surface area contributed by atoms with E-state index in [-0.39, 0.29) is 0 Å². The van der Waals surface area contributed by atoms with E-state index in [0.29, 0.717) is 35.1 Å². The average Bonchev–Trinajstić information content (AvgIpc) is 2.88. The minimum atomic E-state index is 0.397. The van der Waals surface area contributed by atoms with E-state index in [1.165, 1.54) is 19.3 Å². The molecule has 2 atom stereocenters. The largest absolute Gasteiger partial charge is 0.374 e. The van der Waals surface area contributed by atoms with Crippen molar-refractivity contribution in [3.8, 4) is 0 Å². The maximum atomic E-state index is 11.9. The highest BCUT2D eigenvalue weighted by Gasteiger charge is 2.25. The quantitative estimate of drug-likeness (QED) is 0.415. The Kier molecular flexibility index (Phi) is 9.41. The highest BCUT2D eigenvalue weighted by atomic mass is 35.5. The zero-order chi connectivity index (χ0) is 25.5. The van der Waals surface area contributed by atoms with Gasteiger partial charge in [-0.25, -0.2) is 0 Å². The van der Waals surface area contributed by atoms with Crippen LogP contribution >= 0.6 is 23.2 Å². The van der Waals surface area contributed by atoms with E-state index in [1.807, 2.05) is 36.4 Å². The van der Waals surface area contributed by atoms with Gasteiger partial charge >= 0.3 is 0 Å². The second-order valence-electron chi connectivity index (χ2n) is 9.88. The number of halogens is 2. The van der Waals surface area contributed by atoms with Gasteiger partial charge in [-0.2, -0.15) is 0 Å². The summed E-state index contributed by atoms with van der Waals surface area (Å²) in [6.45, 7) is 9.16. The molecule has 194 valence electrons. The van der Waals surface area contributed by atoms with Crippen LogP contribution in [0.2, 0.25) is 10.0 Å². The number of likely N-dealkylation sites (tertiary alicyclic amines) is 1. The van der Waals surface area contributed by atoms with Gasteiger partial charge in [0.15, 0.2) is 0 Å². The van der Waals surface area contributed by atoms with Crippen LogP contribution in [-0.2, 0) is 11.2 Å². The van der Waals surface area contributed by atoms with Gasteiger partial charge in [0.05, 0.1) is 0 Å². The number of piperidine rings is 1. The minimum absolute atomic E-state index is 0.397. The molecular formula is C28H37Cl2N5O. The van der Waals surface area contributed by atoms with E-state index in [2.05, 4.69) is 40.5 Å². The van der Waals surface area contributed by atoms with Crippen molar-refractivity contribution in [3.05, 3.63) is 70.1 Å². The first-order chi connectivity index (χ1) is 17.4. The van der Waals surface area contributed by atoms with Crippen molar-refractivity contribution in [2.24, 2.45) is 0 Å². The fourth-order valence-electron chi connectivity index (χ4n) is 4.85. The lowest BCUT2D eigenvalue weighted by Crippen LogP contribution is -2.54. The van der Waals surface area contributed by atoms with Crippen molar-refractivity contribution in [2.45, 2.75) is 51.6 Å². The monoisotopic (exact) mass is 529 g/mol. The molecule has 4 rings (SSSR count). The third-order valence-electron chi connectivity index (χ3n) is 7.01. The molecule has 0 aliphatic carbocycles. The number of piperazine rings is 1. The number of hydrogen-bond donors (Lipinski definition) is 2. The zero-order valence-corrected chi connectivity index (χ0v) is 22.7. The molecule has 0 saturated carbocycles. The third kappa shape index (κ3) is 7.09. The molecule has 0 radical (unpaired) electrons. The first-order valence-electron chi connectivity index (χ1n) is 12.9. The van der Waals surface area contributed by atoms with Crippen LogP contribution in [0, 0.1) is 0 Å². The second-order valence-corrected chi connectivity index (χ2v) is 10.7. The highest BCUT2D eigenvalue weighted by Crippen LogP contribution is 2.25. The van der Waals surface area contributed by atoms with E-state index in [0.717, 1.165) is 55.3 Å².